The molecule has 0 aliphatic heterocycles. The van der Waals surface area contributed by atoms with Gasteiger partial charge in [-0.15, -0.1) is 0 Å². The molecule has 1 N–H and O–H groups in total. The van der Waals surface area contributed by atoms with Gasteiger partial charge in [-0.25, -0.2) is 4.68 Å². The Kier molecular flexibility index (Phi) is 6.54. The van der Waals surface area contributed by atoms with Crippen molar-refractivity contribution in [2.75, 3.05) is 18.5 Å². The van der Waals surface area contributed by atoms with Crippen LogP contribution < -0.4 is 14.8 Å². The van der Waals surface area contributed by atoms with Crippen LogP contribution in [0.1, 0.15) is 30.8 Å². The van der Waals surface area contributed by atoms with Crippen LogP contribution in [0.15, 0.2) is 48.5 Å². The first-order valence-corrected chi connectivity index (χ1v) is 9.83. The molecule has 1 amide bonds. The molecule has 0 unspecified atom stereocenters. The van der Waals surface area contributed by atoms with Crippen LogP contribution in [0.3, 0.4) is 0 Å². The Labute approximate surface area is 171 Å². The third-order valence-corrected chi connectivity index (χ3v) is 4.61. The number of para-hydroxylation sites is 1. The highest BCUT2D eigenvalue weighted by Gasteiger charge is 2.16. The van der Waals surface area contributed by atoms with E-state index >= 15 is 0 Å². The lowest BCUT2D eigenvalue weighted by Gasteiger charge is -2.13. The minimum Gasteiger partial charge on any atom is -0.490 e. The molecule has 0 aliphatic rings. The molecule has 0 fully saturated rings. The predicted octanol–water partition coefficient (Wildman–Crippen LogP) is 4.47. The highest BCUT2D eigenvalue weighted by Crippen LogP contribution is 2.30. The summed E-state index contributed by atoms with van der Waals surface area (Å²) in [6.07, 6.45) is 0.252. The predicted molar refractivity (Wildman–Crippen MR) is 114 cm³/mol. The summed E-state index contributed by atoms with van der Waals surface area (Å²) >= 11 is 0. The average Bonchev–Trinajstić information content (AvgIpc) is 2.99. The van der Waals surface area contributed by atoms with Gasteiger partial charge >= 0.3 is 0 Å². The summed E-state index contributed by atoms with van der Waals surface area (Å²) in [7, 11) is 0. The third kappa shape index (κ3) is 4.77. The lowest BCUT2D eigenvalue weighted by Crippen LogP contribution is -2.15. The normalized spacial score (nSPS) is 10.6. The maximum atomic E-state index is 12.7. The zero-order chi connectivity index (χ0) is 20.8. The van der Waals surface area contributed by atoms with Crippen molar-refractivity contribution < 1.29 is 14.3 Å². The average molecular weight is 393 g/mol. The summed E-state index contributed by atoms with van der Waals surface area (Å²) in [6, 6.07) is 15.3. The highest BCUT2D eigenvalue weighted by molar-refractivity contribution is 5.92. The number of nitrogens with zero attached hydrogens (tertiary/aromatic N) is 2. The van der Waals surface area contributed by atoms with Gasteiger partial charge in [0.2, 0.25) is 5.91 Å². The van der Waals surface area contributed by atoms with Gasteiger partial charge in [0.15, 0.2) is 11.5 Å². The van der Waals surface area contributed by atoms with E-state index in [9.17, 15) is 4.79 Å². The van der Waals surface area contributed by atoms with Crippen molar-refractivity contribution in [3.05, 3.63) is 65.5 Å². The lowest BCUT2D eigenvalue weighted by molar-refractivity contribution is -0.115. The zero-order valence-electron chi connectivity index (χ0n) is 17.4. The van der Waals surface area contributed by atoms with Crippen LogP contribution in [0.2, 0.25) is 0 Å². The molecule has 0 atom stereocenters. The SMILES string of the molecule is CCOc1ccc(NC(=O)Cc2c(C)nn(-c3ccccc3)c2C)cc1OCC. The van der Waals surface area contributed by atoms with Gasteiger partial charge in [-0.3, -0.25) is 4.79 Å². The highest BCUT2D eigenvalue weighted by atomic mass is 16.5. The number of benzene rings is 2. The van der Waals surface area contributed by atoms with Gasteiger partial charge in [0.1, 0.15) is 0 Å². The number of rotatable bonds is 8. The molecule has 0 saturated heterocycles. The standard InChI is InChI=1S/C23H27N3O3/c1-5-28-21-13-12-18(14-22(21)29-6-2)24-23(27)15-20-16(3)25-26(17(20)4)19-10-8-7-9-11-19/h7-14H,5-6,15H2,1-4H3,(H,24,27). The fourth-order valence-electron chi connectivity index (χ4n) is 3.25. The van der Waals surface area contributed by atoms with Gasteiger partial charge in [0.05, 0.1) is 31.0 Å². The zero-order valence-corrected chi connectivity index (χ0v) is 17.4. The number of anilines is 1. The van der Waals surface area contributed by atoms with Crippen LogP contribution in [0.5, 0.6) is 11.5 Å². The molecule has 3 aromatic rings. The number of hydrogen-bond donors (Lipinski definition) is 1. The molecule has 0 aliphatic carbocycles. The molecule has 2 aromatic carbocycles. The van der Waals surface area contributed by atoms with Crippen LogP contribution in [0.4, 0.5) is 5.69 Å². The van der Waals surface area contributed by atoms with Gasteiger partial charge in [-0.1, -0.05) is 18.2 Å². The number of nitrogens with one attached hydrogen (secondary N) is 1. The van der Waals surface area contributed by atoms with Crippen molar-refractivity contribution in [3.8, 4) is 17.2 Å². The summed E-state index contributed by atoms with van der Waals surface area (Å²) in [4.78, 5) is 12.7. The molecule has 1 heterocycles. The number of hydrogen-bond acceptors (Lipinski definition) is 4. The third-order valence-electron chi connectivity index (χ3n) is 4.61. The lowest BCUT2D eigenvalue weighted by atomic mass is 10.1. The van der Waals surface area contributed by atoms with Crippen molar-refractivity contribution in [3.63, 3.8) is 0 Å². The second-order valence-corrected chi connectivity index (χ2v) is 6.65. The van der Waals surface area contributed by atoms with E-state index in [-0.39, 0.29) is 12.3 Å². The first-order chi connectivity index (χ1) is 14.0. The minimum absolute atomic E-state index is 0.101. The Morgan fingerprint density at radius 2 is 1.69 bits per heavy atom. The molecule has 0 bridgehead atoms. The second-order valence-electron chi connectivity index (χ2n) is 6.65. The van der Waals surface area contributed by atoms with E-state index in [4.69, 9.17) is 9.47 Å². The largest absolute Gasteiger partial charge is 0.490 e. The Morgan fingerprint density at radius 3 is 2.38 bits per heavy atom. The molecule has 0 spiro atoms. The van der Waals surface area contributed by atoms with Gasteiger partial charge in [0, 0.05) is 23.0 Å². The topological polar surface area (TPSA) is 65.4 Å². The number of carbonyl (C=O) groups is 1. The van der Waals surface area contributed by atoms with E-state index in [2.05, 4.69) is 10.4 Å². The summed E-state index contributed by atoms with van der Waals surface area (Å²) in [5.41, 5.74) is 4.40. The van der Waals surface area contributed by atoms with Gasteiger partial charge in [0.25, 0.3) is 0 Å². The van der Waals surface area contributed by atoms with Crippen LogP contribution in [-0.4, -0.2) is 28.9 Å². The van der Waals surface area contributed by atoms with Gasteiger partial charge < -0.3 is 14.8 Å². The number of ether oxygens (including phenoxy) is 2. The van der Waals surface area contributed by atoms with Crippen LogP contribution in [0, 0.1) is 13.8 Å². The number of amides is 1. The monoisotopic (exact) mass is 393 g/mol. The molecule has 152 valence electrons. The number of aromatic nitrogens is 2. The second kappa shape index (κ2) is 9.28. The van der Waals surface area contributed by atoms with Crippen LogP contribution >= 0.6 is 0 Å². The number of carbonyl (C=O) groups excluding carboxylic acids is 1. The van der Waals surface area contributed by atoms with Crippen molar-refractivity contribution in [1.82, 2.24) is 9.78 Å². The molecule has 29 heavy (non-hydrogen) atoms. The summed E-state index contributed by atoms with van der Waals surface area (Å²) < 4.78 is 13.1. The minimum atomic E-state index is -0.101. The molecular weight excluding hydrogens is 366 g/mol. The fourth-order valence-corrected chi connectivity index (χ4v) is 3.25. The first kappa shape index (κ1) is 20.5. The van der Waals surface area contributed by atoms with E-state index in [0.717, 1.165) is 22.6 Å². The quantitative estimate of drug-likeness (QED) is 0.613. The molecule has 6 nitrogen and oxygen atoms in total. The van der Waals surface area contributed by atoms with E-state index in [0.29, 0.717) is 30.4 Å². The first-order valence-electron chi connectivity index (χ1n) is 9.83. The molecule has 1 aromatic heterocycles. The van der Waals surface area contributed by atoms with Gasteiger partial charge in [-0.2, -0.15) is 5.10 Å². The van der Waals surface area contributed by atoms with E-state index in [1.165, 1.54) is 0 Å². The Morgan fingerprint density at radius 1 is 1.00 bits per heavy atom. The summed E-state index contributed by atoms with van der Waals surface area (Å²) in [6.45, 7) is 8.83. The smallest absolute Gasteiger partial charge is 0.228 e. The molecular formula is C23H27N3O3. The van der Waals surface area contributed by atoms with E-state index < -0.39 is 0 Å². The maximum Gasteiger partial charge on any atom is 0.228 e. The van der Waals surface area contributed by atoms with Crippen molar-refractivity contribution in [1.29, 1.82) is 0 Å². The fraction of sp³-hybridized carbons (Fsp3) is 0.304. The number of aryl methyl sites for hydroxylation is 1. The molecule has 0 radical (unpaired) electrons. The van der Waals surface area contributed by atoms with Crippen molar-refractivity contribution in [2.45, 2.75) is 34.1 Å². The Bertz CT molecular complexity index is 981. The van der Waals surface area contributed by atoms with Crippen LogP contribution in [-0.2, 0) is 11.2 Å². The Balaban J connectivity index is 1.76. The van der Waals surface area contributed by atoms with Crippen molar-refractivity contribution in [2.24, 2.45) is 0 Å². The molecule has 6 heteroatoms. The van der Waals surface area contributed by atoms with Crippen LogP contribution in [0.25, 0.3) is 5.69 Å². The molecule has 0 saturated carbocycles. The Hall–Kier alpha value is -3.28. The van der Waals surface area contributed by atoms with E-state index in [1.807, 2.05) is 74.8 Å². The summed E-state index contributed by atoms with van der Waals surface area (Å²) in [5, 5.41) is 7.56. The summed E-state index contributed by atoms with van der Waals surface area (Å²) in [5.74, 6) is 1.19. The molecule has 3 rings (SSSR count). The van der Waals surface area contributed by atoms with Gasteiger partial charge in [-0.05, 0) is 52.0 Å². The maximum absolute atomic E-state index is 12.7. The van der Waals surface area contributed by atoms with E-state index in [1.54, 1.807) is 6.07 Å². The van der Waals surface area contributed by atoms with Crippen molar-refractivity contribution >= 4 is 11.6 Å².